The quantitative estimate of drug-likeness (QED) is 0.188. The molecule has 1 heterocycles. The summed E-state index contributed by atoms with van der Waals surface area (Å²) in [5, 5.41) is 3.09. The molecule has 2 aromatic rings. The maximum Gasteiger partial charge on any atom is 0.573 e. The molecule has 3 unspecified atom stereocenters. The first kappa shape index (κ1) is 30.3. The first-order valence-electron chi connectivity index (χ1n) is 13.5. The maximum absolute atomic E-state index is 12.9. The van der Waals surface area contributed by atoms with Gasteiger partial charge in [-0.3, -0.25) is 14.5 Å². The van der Waals surface area contributed by atoms with Gasteiger partial charge < -0.3 is 19.5 Å². The third kappa shape index (κ3) is 7.18. The van der Waals surface area contributed by atoms with Gasteiger partial charge in [-0.1, -0.05) is 30.3 Å². The minimum atomic E-state index is -4.80. The number of carbonyl (C=O) groups is 2. The average Bonchev–Trinajstić information content (AvgIpc) is 2.91. The Kier molecular flexibility index (Phi) is 9.24. The van der Waals surface area contributed by atoms with Crippen molar-refractivity contribution >= 4 is 18.0 Å². The fraction of sp³-hybridized carbons (Fsp3) is 0.419. The molecule has 1 saturated carbocycles. The Hall–Kier alpha value is -3.63. The number of ether oxygens (including phenoxy) is 3. The molecular weight excluding hydrogens is 537 g/mol. The van der Waals surface area contributed by atoms with Crippen molar-refractivity contribution in [3.8, 4) is 11.5 Å². The highest BCUT2D eigenvalue weighted by Crippen LogP contribution is 2.53. The molecule has 3 atom stereocenters. The summed E-state index contributed by atoms with van der Waals surface area (Å²) in [4.78, 5) is 26.9. The molecule has 1 N–H and O–H groups in total. The first-order chi connectivity index (χ1) is 19.5. The van der Waals surface area contributed by atoms with E-state index in [0.29, 0.717) is 37.1 Å². The molecule has 2 aromatic carbocycles. The van der Waals surface area contributed by atoms with Crippen LogP contribution in [0.1, 0.15) is 43.7 Å². The van der Waals surface area contributed by atoms with Gasteiger partial charge >= 0.3 is 12.3 Å². The molecule has 0 spiro atoms. The minimum Gasteiger partial charge on any atom is -0.427 e. The van der Waals surface area contributed by atoms with Gasteiger partial charge in [-0.2, -0.15) is 0 Å². The van der Waals surface area contributed by atoms with E-state index in [-0.39, 0.29) is 17.7 Å². The van der Waals surface area contributed by atoms with Crippen LogP contribution in [0.5, 0.6) is 11.5 Å². The predicted octanol–water partition coefficient (Wildman–Crippen LogP) is 5.41. The van der Waals surface area contributed by atoms with E-state index in [9.17, 15) is 22.8 Å². The van der Waals surface area contributed by atoms with E-state index in [1.807, 2.05) is 24.3 Å². The van der Waals surface area contributed by atoms with Gasteiger partial charge in [-0.05, 0) is 73.7 Å². The monoisotopic (exact) mass is 572 g/mol. The molecule has 0 aromatic heterocycles. The fourth-order valence-electron chi connectivity index (χ4n) is 6.31. The Morgan fingerprint density at radius 3 is 2.61 bits per heavy atom. The Morgan fingerprint density at radius 1 is 1.15 bits per heavy atom. The highest BCUT2D eigenvalue weighted by Gasteiger charge is 2.58. The summed E-state index contributed by atoms with van der Waals surface area (Å²) in [6, 6.07) is 12.8. The molecule has 1 aliphatic heterocycles. The number of piperidine rings is 1. The molecule has 41 heavy (non-hydrogen) atoms. The molecule has 4 rings (SSSR count). The Balaban J connectivity index is 1.57. The SMILES string of the molecule is C=CCN1CCC2(c3cccc(OC(C)=O)c3)CC(NC(=O)/C=C/c3cccc(OC(F)(F)F)c3)CCC2(OC)C1. The van der Waals surface area contributed by atoms with Gasteiger partial charge in [0.2, 0.25) is 5.91 Å². The van der Waals surface area contributed by atoms with Crippen molar-refractivity contribution in [1.82, 2.24) is 10.2 Å². The number of halogens is 3. The van der Waals surface area contributed by atoms with E-state index in [1.165, 1.54) is 37.3 Å². The van der Waals surface area contributed by atoms with Crippen LogP contribution in [0.25, 0.3) is 6.08 Å². The molecule has 2 fully saturated rings. The van der Waals surface area contributed by atoms with Crippen LogP contribution in [0.4, 0.5) is 13.2 Å². The summed E-state index contributed by atoms with van der Waals surface area (Å²) in [5.41, 5.74) is 0.363. The van der Waals surface area contributed by atoms with Crippen molar-refractivity contribution in [3.63, 3.8) is 0 Å². The molecule has 7 nitrogen and oxygen atoms in total. The largest absolute Gasteiger partial charge is 0.573 e. The zero-order valence-corrected chi connectivity index (χ0v) is 23.2. The number of nitrogens with one attached hydrogen (secondary N) is 1. The normalized spacial score (nSPS) is 24.9. The Labute approximate surface area is 238 Å². The number of esters is 1. The molecule has 220 valence electrons. The van der Waals surface area contributed by atoms with Gasteiger partial charge in [0, 0.05) is 44.7 Å². The molecule has 0 radical (unpaired) electrons. The van der Waals surface area contributed by atoms with E-state index >= 15 is 0 Å². The van der Waals surface area contributed by atoms with Crippen LogP contribution in [0, 0.1) is 0 Å². The average molecular weight is 573 g/mol. The maximum atomic E-state index is 12.9. The summed E-state index contributed by atoms with van der Waals surface area (Å²) in [7, 11) is 1.72. The standard InChI is InChI=1S/C31H35F3N2O5/c1-4-16-36-17-15-29(24-8-6-9-26(19-24)40-22(2)37)20-25(13-14-30(29,21-36)39-3)35-28(38)12-11-23-7-5-10-27(18-23)41-31(32,33)34/h4-12,18-19,25H,1,13-17,20-21H2,2-3H3,(H,35,38)/b12-11+. The lowest BCUT2D eigenvalue weighted by molar-refractivity contribution is -0.274. The first-order valence-corrected chi connectivity index (χ1v) is 13.5. The third-order valence-corrected chi connectivity index (χ3v) is 7.99. The van der Waals surface area contributed by atoms with Gasteiger partial charge in [0.25, 0.3) is 0 Å². The van der Waals surface area contributed by atoms with Crippen molar-refractivity contribution < 1.29 is 37.0 Å². The lowest BCUT2D eigenvalue weighted by Crippen LogP contribution is -2.67. The van der Waals surface area contributed by atoms with E-state index in [1.54, 1.807) is 19.2 Å². The molecule has 1 aliphatic carbocycles. The zero-order chi connectivity index (χ0) is 29.7. The summed E-state index contributed by atoms with van der Waals surface area (Å²) in [6.07, 6.45) is 2.55. The number of benzene rings is 2. The molecule has 0 bridgehead atoms. The van der Waals surface area contributed by atoms with Gasteiger partial charge in [0.05, 0.1) is 5.60 Å². The highest BCUT2D eigenvalue weighted by atomic mass is 19.4. The van der Waals surface area contributed by atoms with Gasteiger partial charge in [0.15, 0.2) is 0 Å². The third-order valence-electron chi connectivity index (χ3n) is 7.99. The highest BCUT2D eigenvalue weighted by molar-refractivity contribution is 5.92. The lowest BCUT2D eigenvalue weighted by atomic mass is 9.55. The number of rotatable bonds is 9. The second kappa shape index (κ2) is 12.5. The molecule has 2 aliphatic rings. The van der Waals surface area contributed by atoms with E-state index in [0.717, 1.165) is 25.1 Å². The predicted molar refractivity (Wildman–Crippen MR) is 148 cm³/mol. The number of amides is 1. The zero-order valence-electron chi connectivity index (χ0n) is 23.2. The Morgan fingerprint density at radius 2 is 1.90 bits per heavy atom. The molecular formula is C31H35F3N2O5. The smallest absolute Gasteiger partial charge is 0.427 e. The summed E-state index contributed by atoms with van der Waals surface area (Å²) >= 11 is 0. The molecule has 1 amide bonds. The topological polar surface area (TPSA) is 77.1 Å². The van der Waals surface area contributed by atoms with Crippen molar-refractivity contribution in [2.45, 2.75) is 56.0 Å². The van der Waals surface area contributed by atoms with Gasteiger partial charge in [-0.25, -0.2) is 0 Å². The second-order valence-corrected chi connectivity index (χ2v) is 10.6. The number of carbonyl (C=O) groups excluding carboxylic acids is 2. The second-order valence-electron chi connectivity index (χ2n) is 10.6. The van der Waals surface area contributed by atoms with E-state index < -0.39 is 23.3 Å². The molecule has 1 saturated heterocycles. The van der Waals surface area contributed by atoms with Crippen molar-refractivity contribution in [2.75, 3.05) is 26.7 Å². The fourth-order valence-corrected chi connectivity index (χ4v) is 6.31. The van der Waals surface area contributed by atoms with E-state index in [2.05, 4.69) is 21.5 Å². The van der Waals surface area contributed by atoms with Crippen LogP contribution >= 0.6 is 0 Å². The van der Waals surface area contributed by atoms with Crippen molar-refractivity contribution in [1.29, 1.82) is 0 Å². The van der Waals surface area contributed by atoms with Gasteiger partial charge in [-0.15, -0.1) is 19.8 Å². The Bertz CT molecular complexity index is 1300. The van der Waals surface area contributed by atoms with Crippen molar-refractivity contribution in [3.05, 3.63) is 78.4 Å². The number of methoxy groups -OCH3 is 1. The van der Waals surface area contributed by atoms with E-state index in [4.69, 9.17) is 9.47 Å². The van der Waals surface area contributed by atoms with Crippen LogP contribution in [0.3, 0.4) is 0 Å². The summed E-state index contributed by atoms with van der Waals surface area (Å²) < 4.78 is 53.4. The van der Waals surface area contributed by atoms with Crippen LogP contribution in [0.2, 0.25) is 0 Å². The minimum absolute atomic E-state index is 0.182. The van der Waals surface area contributed by atoms with Crippen LogP contribution < -0.4 is 14.8 Å². The van der Waals surface area contributed by atoms with Gasteiger partial charge in [0.1, 0.15) is 11.5 Å². The number of nitrogens with zero attached hydrogens (tertiary/aromatic N) is 1. The summed E-state index contributed by atoms with van der Waals surface area (Å²) in [5.74, 6) is -0.665. The van der Waals surface area contributed by atoms with Crippen LogP contribution in [0.15, 0.2) is 67.3 Å². The number of likely N-dealkylation sites (tertiary alicyclic amines) is 1. The molecule has 10 heteroatoms. The number of hydrogen-bond acceptors (Lipinski definition) is 6. The van der Waals surface area contributed by atoms with Crippen LogP contribution in [-0.2, 0) is 19.7 Å². The van der Waals surface area contributed by atoms with Crippen molar-refractivity contribution in [2.24, 2.45) is 0 Å². The number of fused-ring (bicyclic) bond motifs is 1. The van der Waals surface area contributed by atoms with Crippen LogP contribution in [-0.4, -0.2) is 61.5 Å². The lowest BCUT2D eigenvalue weighted by Gasteiger charge is -2.59. The summed E-state index contributed by atoms with van der Waals surface area (Å²) in [6.45, 7) is 7.46. The number of alkyl halides is 3. The number of hydrogen-bond donors (Lipinski definition) is 1.